The first-order valence-corrected chi connectivity index (χ1v) is 8.97. The summed E-state index contributed by atoms with van der Waals surface area (Å²) >= 11 is 0. The van der Waals surface area contributed by atoms with Crippen molar-refractivity contribution in [1.29, 1.82) is 0 Å². The van der Waals surface area contributed by atoms with Gasteiger partial charge in [-0.1, -0.05) is 58.6 Å². The Labute approximate surface area is 141 Å². The van der Waals surface area contributed by atoms with Crippen molar-refractivity contribution in [2.45, 2.75) is 59.3 Å². The van der Waals surface area contributed by atoms with Crippen molar-refractivity contribution in [3.8, 4) is 0 Å². The smallest absolute Gasteiger partial charge is 0.338 e. The van der Waals surface area contributed by atoms with E-state index in [2.05, 4.69) is 20.8 Å². The van der Waals surface area contributed by atoms with Crippen molar-refractivity contribution in [1.82, 2.24) is 0 Å². The molecule has 0 spiro atoms. The van der Waals surface area contributed by atoms with Crippen LogP contribution >= 0.6 is 0 Å². The van der Waals surface area contributed by atoms with Gasteiger partial charge < -0.3 is 9.47 Å². The van der Waals surface area contributed by atoms with Crippen molar-refractivity contribution in [2.75, 3.05) is 19.8 Å². The van der Waals surface area contributed by atoms with Crippen LogP contribution in [0.3, 0.4) is 0 Å². The van der Waals surface area contributed by atoms with Crippen molar-refractivity contribution in [3.63, 3.8) is 0 Å². The Morgan fingerprint density at radius 3 is 2.30 bits per heavy atom. The van der Waals surface area contributed by atoms with Crippen LogP contribution in [-0.4, -0.2) is 25.8 Å². The quantitative estimate of drug-likeness (QED) is 0.400. The molecule has 1 aromatic carbocycles. The second-order valence-corrected chi connectivity index (χ2v) is 6.40. The third-order valence-electron chi connectivity index (χ3n) is 3.88. The minimum Gasteiger partial charge on any atom is -0.460 e. The molecule has 3 nitrogen and oxygen atoms in total. The zero-order valence-corrected chi connectivity index (χ0v) is 15.0. The third kappa shape index (κ3) is 9.39. The van der Waals surface area contributed by atoms with Gasteiger partial charge in [-0.3, -0.25) is 0 Å². The molecule has 1 aromatic rings. The SMILES string of the molecule is CCc1ccc(C(=O)OCCOCCCCCCC(C)C)cc1. The minimum atomic E-state index is -0.273. The first-order chi connectivity index (χ1) is 11.1. The van der Waals surface area contributed by atoms with Crippen LogP contribution in [-0.2, 0) is 15.9 Å². The Hall–Kier alpha value is -1.35. The molecule has 130 valence electrons. The molecule has 23 heavy (non-hydrogen) atoms. The number of hydrogen-bond donors (Lipinski definition) is 0. The molecule has 0 aliphatic carbocycles. The largest absolute Gasteiger partial charge is 0.460 e. The first kappa shape index (κ1) is 19.7. The van der Waals surface area contributed by atoms with Gasteiger partial charge in [-0.2, -0.15) is 0 Å². The van der Waals surface area contributed by atoms with Gasteiger partial charge in [0, 0.05) is 6.61 Å². The highest BCUT2D eigenvalue weighted by Gasteiger charge is 2.06. The Morgan fingerprint density at radius 2 is 1.65 bits per heavy atom. The predicted octanol–water partition coefficient (Wildman–Crippen LogP) is 5.03. The average molecular weight is 320 g/mol. The maximum atomic E-state index is 11.8. The summed E-state index contributed by atoms with van der Waals surface area (Å²) in [6, 6.07) is 7.57. The molecule has 0 atom stereocenters. The highest BCUT2D eigenvalue weighted by molar-refractivity contribution is 5.89. The number of hydrogen-bond acceptors (Lipinski definition) is 3. The average Bonchev–Trinajstić information content (AvgIpc) is 2.56. The maximum Gasteiger partial charge on any atom is 0.338 e. The van der Waals surface area contributed by atoms with Gasteiger partial charge in [-0.25, -0.2) is 4.79 Å². The van der Waals surface area contributed by atoms with Crippen molar-refractivity contribution in [2.24, 2.45) is 5.92 Å². The molecule has 0 aromatic heterocycles. The van der Waals surface area contributed by atoms with Gasteiger partial charge in [0.2, 0.25) is 0 Å². The number of carbonyl (C=O) groups excluding carboxylic acids is 1. The normalized spacial score (nSPS) is 11.0. The van der Waals surface area contributed by atoms with Crippen LogP contribution in [0.4, 0.5) is 0 Å². The van der Waals surface area contributed by atoms with Gasteiger partial charge >= 0.3 is 5.97 Å². The molecule has 0 aliphatic heterocycles. The number of aryl methyl sites for hydroxylation is 1. The molecule has 0 unspecified atom stereocenters. The summed E-state index contributed by atoms with van der Waals surface area (Å²) in [4.78, 5) is 11.8. The summed E-state index contributed by atoms with van der Waals surface area (Å²) in [5, 5.41) is 0. The van der Waals surface area contributed by atoms with Crippen LogP contribution in [0.5, 0.6) is 0 Å². The molecule has 0 aliphatic rings. The molecule has 0 bridgehead atoms. The number of esters is 1. The van der Waals surface area contributed by atoms with Gasteiger partial charge in [-0.15, -0.1) is 0 Å². The van der Waals surface area contributed by atoms with E-state index in [9.17, 15) is 4.79 Å². The minimum absolute atomic E-state index is 0.273. The fourth-order valence-corrected chi connectivity index (χ4v) is 2.37. The third-order valence-corrected chi connectivity index (χ3v) is 3.88. The Kier molecular flexibility index (Phi) is 10.4. The number of unbranched alkanes of at least 4 members (excludes halogenated alkanes) is 3. The van der Waals surface area contributed by atoms with Crippen molar-refractivity contribution in [3.05, 3.63) is 35.4 Å². The van der Waals surface area contributed by atoms with Gasteiger partial charge in [0.25, 0.3) is 0 Å². The van der Waals surface area contributed by atoms with Gasteiger partial charge in [-0.05, 0) is 36.5 Å². The predicted molar refractivity (Wildman–Crippen MR) is 94.8 cm³/mol. The van der Waals surface area contributed by atoms with Crippen LogP contribution in [0.25, 0.3) is 0 Å². The van der Waals surface area contributed by atoms with Crippen molar-refractivity contribution < 1.29 is 14.3 Å². The molecule has 0 saturated carbocycles. The second kappa shape index (κ2) is 12.1. The fraction of sp³-hybridized carbons (Fsp3) is 0.650. The number of carbonyl (C=O) groups is 1. The van der Waals surface area contributed by atoms with Gasteiger partial charge in [0.1, 0.15) is 6.61 Å². The molecule has 3 heteroatoms. The zero-order valence-electron chi connectivity index (χ0n) is 15.0. The lowest BCUT2D eigenvalue weighted by Gasteiger charge is -2.07. The number of benzene rings is 1. The van der Waals surface area contributed by atoms with Crippen LogP contribution in [0, 0.1) is 5.92 Å². The molecule has 0 saturated heterocycles. The molecule has 0 N–H and O–H groups in total. The zero-order chi connectivity index (χ0) is 16.9. The van der Waals surface area contributed by atoms with E-state index in [4.69, 9.17) is 9.47 Å². The summed E-state index contributed by atoms with van der Waals surface area (Å²) < 4.78 is 10.7. The van der Waals surface area contributed by atoms with Crippen molar-refractivity contribution >= 4 is 5.97 Å². The van der Waals surface area contributed by atoms with Crippen LogP contribution in [0.15, 0.2) is 24.3 Å². The molecule has 0 amide bonds. The van der Waals surface area contributed by atoms with E-state index in [1.54, 1.807) is 0 Å². The van der Waals surface area contributed by atoms with Crippen LogP contribution < -0.4 is 0 Å². The van der Waals surface area contributed by atoms with E-state index >= 15 is 0 Å². The topological polar surface area (TPSA) is 35.5 Å². The Bertz CT molecular complexity index is 423. The highest BCUT2D eigenvalue weighted by atomic mass is 16.6. The van der Waals surface area contributed by atoms with Gasteiger partial charge in [0.05, 0.1) is 12.2 Å². The monoisotopic (exact) mass is 320 g/mol. The summed E-state index contributed by atoms with van der Waals surface area (Å²) in [5.41, 5.74) is 1.82. The molecule has 0 fully saturated rings. The first-order valence-electron chi connectivity index (χ1n) is 8.97. The molecule has 0 heterocycles. The van der Waals surface area contributed by atoms with E-state index in [0.29, 0.717) is 18.8 Å². The molecular weight excluding hydrogens is 288 g/mol. The highest BCUT2D eigenvalue weighted by Crippen LogP contribution is 2.09. The fourth-order valence-electron chi connectivity index (χ4n) is 2.37. The lowest BCUT2D eigenvalue weighted by molar-refractivity contribution is 0.0312. The summed E-state index contributed by atoms with van der Waals surface area (Å²) in [5.74, 6) is 0.532. The van der Waals surface area contributed by atoms with E-state index in [1.165, 1.54) is 31.2 Å². The summed E-state index contributed by atoms with van der Waals surface area (Å²) in [6.45, 7) is 8.18. The number of rotatable bonds is 12. The maximum absolute atomic E-state index is 11.8. The van der Waals surface area contributed by atoms with E-state index < -0.39 is 0 Å². The molecular formula is C20H32O3. The standard InChI is InChI=1S/C20H32O3/c1-4-18-10-12-19(13-11-18)20(21)23-16-15-22-14-8-6-5-7-9-17(2)3/h10-13,17H,4-9,14-16H2,1-3H3. The Balaban J connectivity index is 1.98. The molecule has 1 rings (SSSR count). The van der Waals surface area contributed by atoms with Crippen LogP contribution in [0.1, 0.15) is 68.8 Å². The Morgan fingerprint density at radius 1 is 0.957 bits per heavy atom. The molecule has 0 radical (unpaired) electrons. The van der Waals surface area contributed by atoms with E-state index in [1.807, 2.05) is 24.3 Å². The number of ether oxygens (including phenoxy) is 2. The second-order valence-electron chi connectivity index (χ2n) is 6.40. The lowest BCUT2D eigenvalue weighted by Crippen LogP contribution is -2.11. The summed E-state index contributed by atoms with van der Waals surface area (Å²) in [7, 11) is 0. The lowest BCUT2D eigenvalue weighted by atomic mass is 10.0. The van der Waals surface area contributed by atoms with E-state index in [-0.39, 0.29) is 5.97 Å². The van der Waals surface area contributed by atoms with E-state index in [0.717, 1.165) is 25.4 Å². The summed E-state index contributed by atoms with van der Waals surface area (Å²) in [6.07, 6.45) is 7.19. The van der Waals surface area contributed by atoms with Gasteiger partial charge in [0.15, 0.2) is 0 Å². The van der Waals surface area contributed by atoms with Crippen LogP contribution in [0.2, 0.25) is 0 Å².